The summed E-state index contributed by atoms with van der Waals surface area (Å²) in [6.07, 6.45) is 0. The average molecular weight is 330 g/mol. The molecule has 3 aromatic heterocycles. The lowest BCUT2D eigenvalue weighted by Crippen LogP contribution is -2.11. The second kappa shape index (κ2) is 4.84. The molecule has 8 nitrogen and oxygen atoms in total. The van der Waals surface area contributed by atoms with E-state index in [1.807, 2.05) is 30.3 Å². The lowest BCUT2D eigenvalue weighted by atomic mass is 10.1. The Morgan fingerprint density at radius 2 is 1.76 bits per heavy atom. The van der Waals surface area contributed by atoms with Crippen molar-refractivity contribution in [2.45, 2.75) is 0 Å². The first-order valence-corrected chi connectivity index (χ1v) is 7.57. The molecule has 0 bridgehead atoms. The minimum absolute atomic E-state index is 0.290. The fraction of sp³-hybridized carbons (Fsp3) is 0. The minimum atomic E-state index is -0.540. The van der Waals surface area contributed by atoms with E-state index >= 15 is 0 Å². The van der Waals surface area contributed by atoms with Crippen LogP contribution in [0.4, 0.5) is 0 Å². The SMILES string of the molecule is O=c1nc2[nH]c3c(-c4nc5ccccc5[nH]c4=O)cccc3c2n[nH]1. The van der Waals surface area contributed by atoms with Crippen molar-refractivity contribution in [1.29, 1.82) is 0 Å². The first-order chi connectivity index (χ1) is 12.2. The van der Waals surface area contributed by atoms with E-state index in [4.69, 9.17) is 0 Å². The number of nitrogens with zero attached hydrogens (tertiary/aromatic N) is 3. The van der Waals surface area contributed by atoms with Gasteiger partial charge in [0.2, 0.25) is 0 Å². The number of aromatic amines is 3. The lowest BCUT2D eigenvalue weighted by Gasteiger charge is -2.04. The molecule has 5 aromatic rings. The number of H-pyrrole nitrogens is 3. The lowest BCUT2D eigenvalue weighted by molar-refractivity contribution is 0.960. The highest BCUT2D eigenvalue weighted by Gasteiger charge is 2.15. The van der Waals surface area contributed by atoms with Crippen molar-refractivity contribution in [2.75, 3.05) is 0 Å². The maximum atomic E-state index is 12.5. The standard InChI is InChI=1S/C17H10N6O2/c24-16-14(18-10-6-1-2-7-11(10)19-16)9-5-3-4-8-12(9)20-15-13(8)22-23-17(25)21-15/h1-7H,(H,19,24)(H2,20,21,23,25). The molecule has 0 amide bonds. The highest BCUT2D eigenvalue weighted by atomic mass is 16.1. The summed E-state index contributed by atoms with van der Waals surface area (Å²) < 4.78 is 0. The third-order valence-electron chi connectivity index (χ3n) is 4.12. The molecule has 5 rings (SSSR count). The van der Waals surface area contributed by atoms with Gasteiger partial charge in [-0.2, -0.15) is 10.1 Å². The van der Waals surface area contributed by atoms with Crippen molar-refractivity contribution in [3.63, 3.8) is 0 Å². The number of rotatable bonds is 1. The molecule has 25 heavy (non-hydrogen) atoms. The molecule has 0 fully saturated rings. The minimum Gasteiger partial charge on any atom is -0.337 e. The molecule has 0 saturated heterocycles. The van der Waals surface area contributed by atoms with Crippen molar-refractivity contribution < 1.29 is 0 Å². The zero-order valence-electron chi connectivity index (χ0n) is 12.7. The van der Waals surface area contributed by atoms with Gasteiger partial charge in [0.1, 0.15) is 11.2 Å². The van der Waals surface area contributed by atoms with Crippen molar-refractivity contribution in [2.24, 2.45) is 0 Å². The normalized spacial score (nSPS) is 11.5. The van der Waals surface area contributed by atoms with Gasteiger partial charge in [0, 0.05) is 10.9 Å². The molecule has 120 valence electrons. The smallest absolute Gasteiger partial charge is 0.337 e. The van der Waals surface area contributed by atoms with Crippen LogP contribution in [0.1, 0.15) is 0 Å². The largest absolute Gasteiger partial charge is 0.363 e. The van der Waals surface area contributed by atoms with E-state index in [0.717, 1.165) is 5.39 Å². The molecule has 0 atom stereocenters. The Balaban J connectivity index is 1.89. The van der Waals surface area contributed by atoms with E-state index in [1.165, 1.54) is 0 Å². The second-order valence-electron chi connectivity index (χ2n) is 5.62. The summed E-state index contributed by atoms with van der Waals surface area (Å²) in [6.45, 7) is 0. The summed E-state index contributed by atoms with van der Waals surface area (Å²) in [6, 6.07) is 12.8. The monoisotopic (exact) mass is 330 g/mol. The molecule has 0 aliphatic carbocycles. The van der Waals surface area contributed by atoms with Crippen LogP contribution in [0.15, 0.2) is 52.1 Å². The van der Waals surface area contributed by atoms with E-state index in [1.54, 1.807) is 12.1 Å². The van der Waals surface area contributed by atoms with Gasteiger partial charge in [0.25, 0.3) is 5.56 Å². The van der Waals surface area contributed by atoms with Gasteiger partial charge >= 0.3 is 5.69 Å². The molecule has 3 heterocycles. The zero-order chi connectivity index (χ0) is 17.0. The third-order valence-corrected chi connectivity index (χ3v) is 4.12. The third kappa shape index (κ3) is 1.97. The second-order valence-corrected chi connectivity index (χ2v) is 5.62. The van der Waals surface area contributed by atoms with Gasteiger partial charge in [0.15, 0.2) is 5.65 Å². The molecular weight excluding hydrogens is 320 g/mol. The molecule has 3 N–H and O–H groups in total. The number of para-hydroxylation sites is 3. The summed E-state index contributed by atoms with van der Waals surface area (Å²) in [5.74, 6) is 0. The molecule has 0 unspecified atom stereocenters. The van der Waals surface area contributed by atoms with E-state index in [9.17, 15) is 9.59 Å². The number of hydrogen-bond donors (Lipinski definition) is 3. The molecular formula is C17H10N6O2. The van der Waals surface area contributed by atoms with Crippen LogP contribution in [0.5, 0.6) is 0 Å². The van der Waals surface area contributed by atoms with Gasteiger partial charge in [-0.1, -0.05) is 30.3 Å². The summed E-state index contributed by atoms with van der Waals surface area (Å²) in [5, 5.41) is 7.12. The van der Waals surface area contributed by atoms with Crippen LogP contribution >= 0.6 is 0 Å². The zero-order valence-corrected chi connectivity index (χ0v) is 12.7. The van der Waals surface area contributed by atoms with Crippen LogP contribution in [0.2, 0.25) is 0 Å². The van der Waals surface area contributed by atoms with Crippen LogP contribution in [0.25, 0.3) is 44.4 Å². The molecule has 0 spiro atoms. The van der Waals surface area contributed by atoms with Crippen molar-refractivity contribution in [3.05, 3.63) is 63.3 Å². The number of nitrogens with one attached hydrogen (secondary N) is 3. The van der Waals surface area contributed by atoms with E-state index in [-0.39, 0.29) is 5.56 Å². The predicted octanol–water partition coefficient (Wildman–Crippen LogP) is 1.70. The van der Waals surface area contributed by atoms with E-state index < -0.39 is 5.69 Å². The van der Waals surface area contributed by atoms with Crippen LogP contribution in [-0.4, -0.2) is 30.1 Å². The Hall–Kier alpha value is -3.81. The molecule has 0 aliphatic heterocycles. The van der Waals surface area contributed by atoms with E-state index in [2.05, 4.69) is 30.1 Å². The predicted molar refractivity (Wildman–Crippen MR) is 93.4 cm³/mol. The topological polar surface area (TPSA) is 120 Å². The molecule has 0 saturated carbocycles. The molecule has 8 heteroatoms. The summed E-state index contributed by atoms with van der Waals surface area (Å²) in [4.78, 5) is 38.2. The maximum absolute atomic E-state index is 12.5. The highest BCUT2D eigenvalue weighted by Crippen LogP contribution is 2.29. The van der Waals surface area contributed by atoms with Crippen LogP contribution in [0, 0.1) is 0 Å². The number of hydrogen-bond acceptors (Lipinski definition) is 5. The Morgan fingerprint density at radius 1 is 0.880 bits per heavy atom. The highest BCUT2D eigenvalue weighted by molar-refractivity contribution is 6.08. The first-order valence-electron chi connectivity index (χ1n) is 7.57. The van der Waals surface area contributed by atoms with Gasteiger partial charge in [-0.15, -0.1) is 0 Å². The van der Waals surface area contributed by atoms with Crippen LogP contribution in [-0.2, 0) is 0 Å². The first kappa shape index (κ1) is 13.6. The van der Waals surface area contributed by atoms with Crippen molar-refractivity contribution in [3.8, 4) is 11.3 Å². The van der Waals surface area contributed by atoms with Crippen molar-refractivity contribution in [1.82, 2.24) is 30.1 Å². The Labute approximate surface area is 138 Å². The van der Waals surface area contributed by atoms with Crippen molar-refractivity contribution >= 4 is 33.1 Å². The van der Waals surface area contributed by atoms with Gasteiger partial charge in [0.05, 0.1) is 16.6 Å². The molecule has 0 radical (unpaired) electrons. The Bertz CT molecular complexity index is 1400. The fourth-order valence-corrected chi connectivity index (χ4v) is 3.02. The van der Waals surface area contributed by atoms with Crippen LogP contribution in [0.3, 0.4) is 0 Å². The number of aromatic nitrogens is 6. The van der Waals surface area contributed by atoms with Gasteiger partial charge in [-0.05, 0) is 12.1 Å². The maximum Gasteiger partial charge on any atom is 0.363 e. The molecule has 0 aliphatic rings. The summed E-state index contributed by atoms with van der Waals surface area (Å²) >= 11 is 0. The van der Waals surface area contributed by atoms with E-state index in [0.29, 0.717) is 39.0 Å². The number of benzene rings is 2. The van der Waals surface area contributed by atoms with Gasteiger partial charge < -0.3 is 9.97 Å². The average Bonchev–Trinajstić information content (AvgIpc) is 2.98. The fourth-order valence-electron chi connectivity index (χ4n) is 3.02. The Kier molecular flexibility index (Phi) is 2.64. The van der Waals surface area contributed by atoms with Gasteiger partial charge in [-0.25, -0.2) is 14.9 Å². The van der Waals surface area contributed by atoms with Crippen LogP contribution < -0.4 is 11.2 Å². The molecule has 2 aromatic carbocycles. The quantitative estimate of drug-likeness (QED) is 0.432. The summed E-state index contributed by atoms with van der Waals surface area (Å²) in [7, 11) is 0. The van der Waals surface area contributed by atoms with Gasteiger partial charge in [-0.3, -0.25) is 4.79 Å². The number of fused-ring (bicyclic) bond motifs is 4. The Morgan fingerprint density at radius 3 is 2.68 bits per heavy atom. The summed E-state index contributed by atoms with van der Waals surface area (Å²) in [5.41, 5.74) is 3.01.